The summed E-state index contributed by atoms with van der Waals surface area (Å²) in [5.41, 5.74) is 6.44. The number of rotatable bonds is 6. The molecule has 6 heteroatoms. The molecule has 1 rings (SSSR count). The lowest BCUT2D eigenvalue weighted by atomic mass is 10.1. The minimum absolute atomic E-state index is 0.307. The smallest absolute Gasteiger partial charge is 0.257 e. The maximum Gasteiger partial charge on any atom is 0.257 e. The average Bonchev–Trinajstić information content (AvgIpc) is 2.37. The molecule has 0 aromatic heterocycles. The van der Waals surface area contributed by atoms with Crippen LogP contribution in [0.25, 0.3) is 0 Å². The van der Waals surface area contributed by atoms with Gasteiger partial charge in [0.1, 0.15) is 11.3 Å². The normalized spacial score (nSPS) is 11.9. The maximum absolute atomic E-state index is 11.9. The van der Waals surface area contributed by atoms with E-state index < -0.39 is 10.8 Å². The lowest BCUT2D eigenvalue weighted by Crippen LogP contribution is -2.29. The van der Waals surface area contributed by atoms with E-state index in [4.69, 9.17) is 10.5 Å². The molecular weight excluding hydrogens is 252 g/mol. The first-order valence-electron chi connectivity index (χ1n) is 5.65. The molecule has 0 heterocycles. The first-order valence-corrected chi connectivity index (χ1v) is 7.14. The molecule has 1 unspecified atom stereocenters. The van der Waals surface area contributed by atoms with Crippen LogP contribution in [0.4, 0.5) is 5.69 Å². The summed E-state index contributed by atoms with van der Waals surface area (Å²) in [6, 6.07) is 5.04. The number of amides is 1. The molecule has 0 saturated heterocycles. The third kappa shape index (κ3) is 3.73. The molecule has 0 fully saturated rings. The zero-order valence-corrected chi connectivity index (χ0v) is 11.4. The minimum Gasteiger partial charge on any atom is -0.496 e. The average molecular weight is 270 g/mol. The Bertz CT molecular complexity index is 449. The zero-order valence-electron chi connectivity index (χ0n) is 10.6. The van der Waals surface area contributed by atoms with Crippen LogP contribution >= 0.6 is 0 Å². The van der Waals surface area contributed by atoms with E-state index in [1.807, 2.05) is 6.92 Å². The Kier molecular flexibility index (Phi) is 5.64. The van der Waals surface area contributed by atoms with Gasteiger partial charge in [0.2, 0.25) is 0 Å². The summed E-state index contributed by atoms with van der Waals surface area (Å²) in [5.74, 6) is 1.16. The highest BCUT2D eigenvalue weighted by atomic mass is 32.2. The maximum atomic E-state index is 11.9. The Morgan fingerprint density at radius 3 is 2.83 bits per heavy atom. The van der Waals surface area contributed by atoms with Crippen molar-refractivity contribution in [2.75, 3.05) is 30.9 Å². The number of anilines is 1. The van der Waals surface area contributed by atoms with Gasteiger partial charge in [-0.3, -0.25) is 9.00 Å². The third-order valence-electron chi connectivity index (χ3n) is 2.44. The van der Waals surface area contributed by atoms with Gasteiger partial charge in [-0.2, -0.15) is 0 Å². The number of nitrogens with two attached hydrogens (primary N) is 1. The lowest BCUT2D eigenvalue weighted by molar-refractivity contribution is 0.0954. The number of hydrogen-bond donors (Lipinski definition) is 2. The van der Waals surface area contributed by atoms with E-state index in [2.05, 4.69) is 5.32 Å². The van der Waals surface area contributed by atoms with Crippen molar-refractivity contribution in [3.8, 4) is 5.75 Å². The van der Waals surface area contributed by atoms with Gasteiger partial charge < -0.3 is 15.8 Å². The number of ether oxygens (including phenoxy) is 1. The van der Waals surface area contributed by atoms with E-state index in [0.717, 1.165) is 0 Å². The van der Waals surface area contributed by atoms with Gasteiger partial charge in [-0.25, -0.2) is 0 Å². The largest absolute Gasteiger partial charge is 0.496 e. The molecule has 0 aliphatic carbocycles. The Morgan fingerprint density at radius 2 is 2.22 bits per heavy atom. The number of benzene rings is 1. The van der Waals surface area contributed by atoms with Gasteiger partial charge in [0, 0.05) is 34.5 Å². The summed E-state index contributed by atoms with van der Waals surface area (Å²) in [6.07, 6.45) is 0. The third-order valence-corrected chi connectivity index (χ3v) is 3.75. The van der Waals surface area contributed by atoms with Crippen molar-refractivity contribution < 1.29 is 13.7 Å². The van der Waals surface area contributed by atoms with Crippen molar-refractivity contribution in [1.29, 1.82) is 0 Å². The molecule has 0 saturated carbocycles. The van der Waals surface area contributed by atoms with Crippen molar-refractivity contribution in [3.05, 3.63) is 23.8 Å². The fraction of sp³-hybridized carbons (Fsp3) is 0.417. The van der Waals surface area contributed by atoms with E-state index in [9.17, 15) is 9.00 Å². The molecule has 0 aliphatic rings. The second-order valence-corrected chi connectivity index (χ2v) is 5.48. The van der Waals surface area contributed by atoms with Crippen LogP contribution in [0.5, 0.6) is 5.75 Å². The van der Waals surface area contributed by atoms with E-state index in [1.165, 1.54) is 7.11 Å². The molecule has 0 aliphatic heterocycles. The molecule has 5 nitrogen and oxygen atoms in total. The first kappa shape index (κ1) is 14.5. The van der Waals surface area contributed by atoms with Crippen LogP contribution in [0.2, 0.25) is 0 Å². The van der Waals surface area contributed by atoms with E-state index >= 15 is 0 Å². The molecule has 1 aromatic rings. The number of hydrogen-bond acceptors (Lipinski definition) is 4. The highest BCUT2D eigenvalue weighted by Crippen LogP contribution is 2.23. The van der Waals surface area contributed by atoms with Gasteiger partial charge in [0.05, 0.1) is 7.11 Å². The molecule has 1 atom stereocenters. The predicted octanol–water partition coefficient (Wildman–Crippen LogP) is 0.776. The van der Waals surface area contributed by atoms with Crippen LogP contribution in [0.3, 0.4) is 0 Å². The Hall–Kier alpha value is -1.56. The summed E-state index contributed by atoms with van der Waals surface area (Å²) in [7, 11) is 0.594. The van der Waals surface area contributed by atoms with Gasteiger partial charge in [-0.15, -0.1) is 0 Å². The Labute approximate surface area is 109 Å². The van der Waals surface area contributed by atoms with E-state index in [-0.39, 0.29) is 5.91 Å². The van der Waals surface area contributed by atoms with Crippen LogP contribution < -0.4 is 15.8 Å². The van der Waals surface area contributed by atoms with E-state index in [1.54, 1.807) is 18.2 Å². The van der Waals surface area contributed by atoms with Gasteiger partial charge in [0.25, 0.3) is 5.91 Å². The van der Waals surface area contributed by atoms with Crippen molar-refractivity contribution in [2.45, 2.75) is 6.92 Å². The van der Waals surface area contributed by atoms with Gasteiger partial charge in [-0.1, -0.05) is 13.0 Å². The summed E-state index contributed by atoms with van der Waals surface area (Å²) < 4.78 is 16.3. The Morgan fingerprint density at radius 1 is 1.50 bits per heavy atom. The highest BCUT2D eigenvalue weighted by molar-refractivity contribution is 7.84. The number of nitrogens with one attached hydrogen (secondary N) is 1. The molecule has 0 radical (unpaired) electrons. The highest BCUT2D eigenvalue weighted by Gasteiger charge is 2.15. The van der Waals surface area contributed by atoms with Gasteiger partial charge in [0.15, 0.2) is 0 Å². The van der Waals surface area contributed by atoms with E-state index in [0.29, 0.717) is 35.1 Å². The molecule has 1 amide bonds. The number of methoxy groups -OCH3 is 1. The SMILES string of the molecule is CCS(=O)CCNC(=O)c1c(N)cccc1OC. The zero-order chi connectivity index (χ0) is 13.5. The molecule has 100 valence electrons. The van der Waals surface area contributed by atoms with Gasteiger partial charge in [-0.05, 0) is 12.1 Å². The summed E-state index contributed by atoms with van der Waals surface area (Å²) in [5, 5.41) is 2.69. The molecule has 0 bridgehead atoms. The van der Waals surface area contributed by atoms with Crippen LogP contribution in [0.1, 0.15) is 17.3 Å². The molecule has 1 aromatic carbocycles. The monoisotopic (exact) mass is 270 g/mol. The van der Waals surface area contributed by atoms with Crippen molar-refractivity contribution in [1.82, 2.24) is 5.32 Å². The minimum atomic E-state index is -0.890. The van der Waals surface area contributed by atoms with Crippen molar-refractivity contribution >= 4 is 22.4 Å². The number of carbonyl (C=O) groups excluding carboxylic acids is 1. The van der Waals surface area contributed by atoms with Crippen LogP contribution in [-0.2, 0) is 10.8 Å². The second kappa shape index (κ2) is 7.00. The standard InChI is InChI=1S/C12H18N2O3S/c1-3-18(16)8-7-14-12(15)11-9(13)5-4-6-10(11)17-2/h4-6H,3,7-8,13H2,1-2H3,(H,14,15). The lowest BCUT2D eigenvalue weighted by Gasteiger charge is -2.11. The van der Waals surface area contributed by atoms with Crippen LogP contribution in [0, 0.1) is 0 Å². The number of carbonyl (C=O) groups is 1. The van der Waals surface area contributed by atoms with Crippen LogP contribution in [0.15, 0.2) is 18.2 Å². The molecular formula is C12H18N2O3S. The summed E-state index contributed by atoms with van der Waals surface area (Å²) in [6.45, 7) is 2.20. The number of nitrogen functional groups attached to an aromatic ring is 1. The van der Waals surface area contributed by atoms with Crippen molar-refractivity contribution in [2.24, 2.45) is 0 Å². The summed E-state index contributed by atoms with van der Waals surface area (Å²) in [4.78, 5) is 11.9. The first-order chi connectivity index (χ1) is 8.60. The fourth-order valence-electron chi connectivity index (χ4n) is 1.47. The quantitative estimate of drug-likeness (QED) is 0.748. The van der Waals surface area contributed by atoms with Crippen molar-refractivity contribution in [3.63, 3.8) is 0 Å². The second-order valence-electron chi connectivity index (χ2n) is 3.61. The van der Waals surface area contributed by atoms with Gasteiger partial charge >= 0.3 is 0 Å². The molecule has 3 N–H and O–H groups in total. The predicted molar refractivity (Wildman–Crippen MR) is 73.3 cm³/mol. The molecule has 0 spiro atoms. The topological polar surface area (TPSA) is 81.4 Å². The fourth-order valence-corrected chi connectivity index (χ4v) is 2.09. The summed E-state index contributed by atoms with van der Waals surface area (Å²) >= 11 is 0. The molecule has 18 heavy (non-hydrogen) atoms. The van der Waals surface area contributed by atoms with Crippen LogP contribution in [-0.4, -0.2) is 35.3 Å². The Balaban J connectivity index is 2.69.